The molecule has 1 saturated heterocycles. The highest BCUT2D eigenvalue weighted by Gasteiger charge is 2.18. The first kappa shape index (κ1) is 18.4. The summed E-state index contributed by atoms with van der Waals surface area (Å²) in [6.07, 6.45) is 0. The average molecular weight is 398 g/mol. The number of likely N-dealkylation sites (N-methyl/N-ethyl adjacent to an activating group) is 1. The third-order valence-corrected chi connectivity index (χ3v) is 6.12. The maximum Gasteiger partial charge on any atom is 0.234 e. The van der Waals surface area contributed by atoms with Crippen LogP contribution in [0.3, 0.4) is 0 Å². The Morgan fingerprint density at radius 1 is 1.32 bits per heavy atom. The van der Waals surface area contributed by atoms with Gasteiger partial charge >= 0.3 is 0 Å². The number of carbonyl (C=O) groups is 1. The standard InChI is InChI=1S/C16H20ClN5OS2/c1-11-19-20-16(25-11)24-10-15(23)18-13-9-12(17)3-4-14(13)22-7-5-21(2)6-8-22/h3-4,9H,5-8,10H2,1-2H3,(H,18,23). The number of nitrogens with zero attached hydrogens (tertiary/aromatic N) is 4. The molecule has 1 amide bonds. The fourth-order valence-electron chi connectivity index (χ4n) is 2.58. The first-order chi connectivity index (χ1) is 12.0. The minimum Gasteiger partial charge on any atom is -0.367 e. The summed E-state index contributed by atoms with van der Waals surface area (Å²) < 4.78 is 0.804. The number of hydrogen-bond acceptors (Lipinski definition) is 7. The zero-order chi connectivity index (χ0) is 17.8. The van der Waals surface area contributed by atoms with Crippen molar-refractivity contribution in [1.82, 2.24) is 15.1 Å². The SMILES string of the molecule is Cc1nnc(SCC(=O)Nc2cc(Cl)ccc2N2CCN(C)CC2)s1. The van der Waals surface area contributed by atoms with Gasteiger partial charge in [-0.1, -0.05) is 34.7 Å². The van der Waals surface area contributed by atoms with Crippen LogP contribution in [0.4, 0.5) is 11.4 Å². The molecule has 0 unspecified atom stereocenters. The highest BCUT2D eigenvalue weighted by atomic mass is 35.5. The number of aryl methyl sites for hydroxylation is 1. The van der Waals surface area contributed by atoms with Crippen molar-refractivity contribution >= 4 is 52.0 Å². The minimum absolute atomic E-state index is 0.0736. The van der Waals surface area contributed by atoms with Crippen molar-refractivity contribution in [1.29, 1.82) is 0 Å². The van der Waals surface area contributed by atoms with Crippen LogP contribution in [0.25, 0.3) is 0 Å². The van der Waals surface area contributed by atoms with Crippen LogP contribution in [0.2, 0.25) is 5.02 Å². The van der Waals surface area contributed by atoms with E-state index in [4.69, 9.17) is 11.6 Å². The molecule has 0 bridgehead atoms. The maximum absolute atomic E-state index is 12.3. The number of benzene rings is 1. The van der Waals surface area contributed by atoms with Crippen molar-refractivity contribution in [2.75, 3.05) is 49.2 Å². The lowest BCUT2D eigenvalue weighted by atomic mass is 10.2. The minimum atomic E-state index is -0.0736. The number of hydrogen-bond donors (Lipinski definition) is 1. The number of rotatable bonds is 5. The van der Waals surface area contributed by atoms with E-state index < -0.39 is 0 Å². The molecule has 1 aromatic heterocycles. The second-order valence-electron chi connectivity index (χ2n) is 5.88. The first-order valence-corrected chi connectivity index (χ1v) is 10.1. The van der Waals surface area contributed by atoms with Crippen molar-refractivity contribution < 1.29 is 4.79 Å². The molecule has 1 N–H and O–H groups in total. The lowest BCUT2D eigenvalue weighted by Crippen LogP contribution is -2.44. The van der Waals surface area contributed by atoms with E-state index in [2.05, 4.69) is 32.4 Å². The van der Waals surface area contributed by atoms with Crippen LogP contribution in [0.5, 0.6) is 0 Å². The van der Waals surface area contributed by atoms with E-state index in [1.165, 1.54) is 23.1 Å². The van der Waals surface area contributed by atoms with Gasteiger partial charge in [-0.3, -0.25) is 4.79 Å². The molecule has 1 fully saturated rings. The highest BCUT2D eigenvalue weighted by Crippen LogP contribution is 2.30. The lowest BCUT2D eigenvalue weighted by molar-refractivity contribution is -0.113. The molecular weight excluding hydrogens is 378 g/mol. The molecule has 1 aliphatic heterocycles. The average Bonchev–Trinajstić information content (AvgIpc) is 3.00. The second-order valence-corrected chi connectivity index (χ2v) is 8.72. The largest absolute Gasteiger partial charge is 0.367 e. The number of halogens is 1. The summed E-state index contributed by atoms with van der Waals surface area (Å²) in [6.45, 7) is 5.76. The molecule has 0 radical (unpaired) electrons. The van der Waals surface area contributed by atoms with E-state index in [0.29, 0.717) is 10.8 Å². The van der Waals surface area contributed by atoms with Gasteiger partial charge in [0.1, 0.15) is 5.01 Å². The van der Waals surface area contributed by atoms with E-state index in [1.807, 2.05) is 25.1 Å². The quantitative estimate of drug-likeness (QED) is 0.782. The molecule has 1 aliphatic rings. The van der Waals surface area contributed by atoms with Crippen LogP contribution in [0, 0.1) is 6.92 Å². The van der Waals surface area contributed by atoms with Gasteiger partial charge in [0.25, 0.3) is 0 Å². The Bertz CT molecular complexity index is 746. The zero-order valence-electron chi connectivity index (χ0n) is 14.2. The normalized spacial score (nSPS) is 15.4. The van der Waals surface area contributed by atoms with Gasteiger partial charge in [-0.05, 0) is 32.2 Å². The topological polar surface area (TPSA) is 61.4 Å². The summed E-state index contributed by atoms with van der Waals surface area (Å²) in [5.41, 5.74) is 1.78. The molecule has 1 aromatic carbocycles. The number of nitrogens with one attached hydrogen (secondary N) is 1. The number of carbonyl (C=O) groups excluding carboxylic acids is 1. The van der Waals surface area contributed by atoms with Crippen LogP contribution in [-0.4, -0.2) is 60.0 Å². The van der Waals surface area contributed by atoms with Crippen LogP contribution < -0.4 is 10.2 Å². The predicted octanol–water partition coefficient (Wildman–Crippen LogP) is 2.98. The molecule has 0 aliphatic carbocycles. The lowest BCUT2D eigenvalue weighted by Gasteiger charge is -2.35. The van der Waals surface area contributed by atoms with Gasteiger partial charge in [0.05, 0.1) is 17.1 Å². The molecule has 0 saturated carbocycles. The van der Waals surface area contributed by atoms with Gasteiger partial charge in [0.2, 0.25) is 5.91 Å². The van der Waals surface area contributed by atoms with Crippen molar-refractivity contribution in [2.45, 2.75) is 11.3 Å². The summed E-state index contributed by atoms with van der Waals surface area (Å²) in [4.78, 5) is 16.9. The Morgan fingerprint density at radius 2 is 2.08 bits per heavy atom. The van der Waals surface area contributed by atoms with Crippen LogP contribution in [0.15, 0.2) is 22.5 Å². The fraction of sp³-hybridized carbons (Fsp3) is 0.438. The van der Waals surface area contributed by atoms with Gasteiger partial charge in [-0.2, -0.15) is 0 Å². The van der Waals surface area contributed by atoms with Gasteiger partial charge in [-0.25, -0.2) is 0 Å². The van der Waals surface area contributed by atoms with Gasteiger partial charge < -0.3 is 15.1 Å². The monoisotopic (exact) mass is 397 g/mol. The smallest absolute Gasteiger partial charge is 0.234 e. The number of amides is 1. The Kier molecular flexibility index (Phi) is 6.16. The van der Waals surface area contributed by atoms with E-state index >= 15 is 0 Å². The number of anilines is 2. The summed E-state index contributed by atoms with van der Waals surface area (Å²) in [5.74, 6) is 0.221. The zero-order valence-corrected chi connectivity index (χ0v) is 16.5. The highest BCUT2D eigenvalue weighted by molar-refractivity contribution is 8.01. The fourth-order valence-corrected chi connectivity index (χ4v) is 4.37. The van der Waals surface area contributed by atoms with E-state index in [0.717, 1.165) is 46.9 Å². The van der Waals surface area contributed by atoms with Crippen molar-refractivity contribution in [2.24, 2.45) is 0 Å². The Labute approximate surface area is 160 Å². The number of piperazine rings is 1. The van der Waals surface area contributed by atoms with Crippen LogP contribution in [0.1, 0.15) is 5.01 Å². The molecule has 3 rings (SSSR count). The molecule has 0 spiro atoms. The van der Waals surface area contributed by atoms with Gasteiger partial charge in [0.15, 0.2) is 4.34 Å². The molecule has 0 atom stereocenters. The second kappa shape index (κ2) is 8.35. The summed E-state index contributed by atoms with van der Waals surface area (Å²) in [6, 6.07) is 5.65. The molecular formula is C16H20ClN5OS2. The van der Waals surface area contributed by atoms with E-state index in [-0.39, 0.29) is 5.91 Å². The van der Waals surface area contributed by atoms with Crippen molar-refractivity contribution in [3.63, 3.8) is 0 Å². The van der Waals surface area contributed by atoms with Crippen molar-refractivity contribution in [3.05, 3.63) is 28.2 Å². The summed E-state index contributed by atoms with van der Waals surface area (Å²) >= 11 is 9.02. The number of thioether (sulfide) groups is 1. The van der Waals surface area contributed by atoms with Crippen molar-refractivity contribution in [3.8, 4) is 0 Å². The van der Waals surface area contributed by atoms with Gasteiger partial charge in [-0.15, -0.1) is 10.2 Å². The predicted molar refractivity (Wildman–Crippen MR) is 105 cm³/mol. The molecule has 6 nitrogen and oxygen atoms in total. The van der Waals surface area contributed by atoms with E-state index in [9.17, 15) is 4.79 Å². The molecule has 134 valence electrons. The van der Waals surface area contributed by atoms with E-state index in [1.54, 1.807) is 0 Å². The maximum atomic E-state index is 12.3. The third kappa shape index (κ3) is 5.07. The van der Waals surface area contributed by atoms with Gasteiger partial charge in [0, 0.05) is 31.2 Å². The molecule has 2 aromatic rings. The Morgan fingerprint density at radius 3 is 2.76 bits per heavy atom. The summed E-state index contributed by atoms with van der Waals surface area (Å²) in [5, 5.41) is 12.5. The third-order valence-electron chi connectivity index (χ3n) is 3.91. The molecule has 9 heteroatoms. The first-order valence-electron chi connectivity index (χ1n) is 7.97. The molecule has 25 heavy (non-hydrogen) atoms. The number of aromatic nitrogens is 2. The Hall–Kier alpha value is -1.35. The van der Waals surface area contributed by atoms with Crippen LogP contribution >= 0.6 is 34.7 Å². The Balaban J connectivity index is 1.66. The summed E-state index contributed by atoms with van der Waals surface area (Å²) in [7, 11) is 2.12. The van der Waals surface area contributed by atoms with Crippen LogP contribution in [-0.2, 0) is 4.79 Å². The molecule has 2 heterocycles.